The zero-order valence-electron chi connectivity index (χ0n) is 21.4. The van der Waals surface area contributed by atoms with Crippen LogP contribution in [0.5, 0.6) is 11.6 Å². The summed E-state index contributed by atoms with van der Waals surface area (Å²) < 4.78 is 21.5. The van der Waals surface area contributed by atoms with Crippen LogP contribution in [-0.4, -0.2) is 56.6 Å². The maximum atomic E-state index is 14.0. The Balaban J connectivity index is 1.34. The molecule has 0 bridgehead atoms. The van der Waals surface area contributed by atoms with Crippen molar-refractivity contribution in [3.05, 3.63) is 65.4 Å². The van der Waals surface area contributed by atoms with Crippen LogP contribution in [0.1, 0.15) is 59.1 Å². The summed E-state index contributed by atoms with van der Waals surface area (Å²) >= 11 is 1.56. The highest BCUT2D eigenvalue weighted by atomic mass is 32.2. The highest BCUT2D eigenvalue weighted by Gasteiger charge is 2.26. The molecule has 11 heteroatoms. The smallest absolute Gasteiger partial charge is 0.272 e. The molecule has 2 aromatic heterocycles. The minimum absolute atomic E-state index is 0.0279. The largest absolute Gasteiger partial charge is 0.438 e. The van der Waals surface area contributed by atoms with Crippen LogP contribution in [0.2, 0.25) is 0 Å². The van der Waals surface area contributed by atoms with Crippen molar-refractivity contribution in [3.63, 3.8) is 0 Å². The summed E-state index contributed by atoms with van der Waals surface area (Å²) in [6.45, 7) is 2.27. The zero-order chi connectivity index (χ0) is 27.1. The summed E-state index contributed by atoms with van der Waals surface area (Å²) in [6.07, 6.45) is 6.36. The molecule has 0 atom stereocenters. The second-order valence-electron chi connectivity index (χ2n) is 9.10. The van der Waals surface area contributed by atoms with Crippen molar-refractivity contribution in [1.29, 1.82) is 0 Å². The number of thioether (sulfide) groups is 1. The van der Waals surface area contributed by atoms with Gasteiger partial charge in [0.1, 0.15) is 22.8 Å². The van der Waals surface area contributed by atoms with E-state index in [0.717, 1.165) is 22.9 Å². The van der Waals surface area contributed by atoms with Crippen molar-refractivity contribution in [3.8, 4) is 11.6 Å². The summed E-state index contributed by atoms with van der Waals surface area (Å²) in [7, 11) is 0. The number of carbonyl (C=O) groups is 2. The molecule has 1 fully saturated rings. The third kappa shape index (κ3) is 6.90. The fourth-order valence-corrected chi connectivity index (χ4v) is 4.94. The van der Waals surface area contributed by atoms with Crippen LogP contribution in [0, 0.1) is 5.82 Å². The number of aliphatic hydroxyl groups is 1. The first-order valence-electron chi connectivity index (χ1n) is 12.7. The van der Waals surface area contributed by atoms with Gasteiger partial charge >= 0.3 is 0 Å². The minimum atomic E-state index is -0.626. The van der Waals surface area contributed by atoms with Crippen molar-refractivity contribution in [2.75, 3.05) is 12.9 Å². The van der Waals surface area contributed by atoms with Gasteiger partial charge in [0.05, 0.1) is 19.3 Å². The van der Waals surface area contributed by atoms with Crippen LogP contribution >= 0.6 is 11.8 Å². The number of nitrogens with one attached hydrogen (secondary N) is 2. The van der Waals surface area contributed by atoms with Crippen LogP contribution in [-0.2, 0) is 13.0 Å². The molecule has 9 nitrogen and oxygen atoms in total. The van der Waals surface area contributed by atoms with Gasteiger partial charge in [-0.2, -0.15) is 5.10 Å². The molecule has 0 unspecified atom stereocenters. The molecule has 0 radical (unpaired) electrons. The summed E-state index contributed by atoms with van der Waals surface area (Å²) in [5.74, 6) is -0.785. The van der Waals surface area contributed by atoms with Gasteiger partial charge in [0.2, 0.25) is 5.88 Å². The fraction of sp³-hybridized carbons (Fsp3) is 0.407. The molecular weight excluding hydrogens is 509 g/mol. The van der Waals surface area contributed by atoms with E-state index in [-0.39, 0.29) is 36.0 Å². The Bertz CT molecular complexity index is 1280. The zero-order valence-corrected chi connectivity index (χ0v) is 22.3. The average molecular weight is 542 g/mol. The molecule has 2 amide bonds. The average Bonchev–Trinajstić information content (AvgIpc) is 3.34. The topological polar surface area (TPSA) is 118 Å². The van der Waals surface area contributed by atoms with E-state index in [1.807, 2.05) is 31.4 Å². The lowest BCUT2D eigenvalue weighted by Crippen LogP contribution is -2.44. The Hall–Kier alpha value is -3.44. The second kappa shape index (κ2) is 12.9. The molecule has 202 valence electrons. The monoisotopic (exact) mass is 541 g/mol. The Morgan fingerprint density at radius 3 is 2.50 bits per heavy atom. The molecule has 1 aliphatic carbocycles. The summed E-state index contributed by atoms with van der Waals surface area (Å²) in [4.78, 5) is 30.8. The first-order valence-corrected chi connectivity index (χ1v) is 13.9. The fourth-order valence-electron chi connectivity index (χ4n) is 4.49. The molecule has 4 rings (SSSR count). The number of amides is 2. The number of ether oxygens (including phenoxy) is 1. The molecule has 2 heterocycles. The Morgan fingerprint density at radius 1 is 1.13 bits per heavy atom. The van der Waals surface area contributed by atoms with Crippen LogP contribution in [0.15, 0.2) is 47.5 Å². The lowest BCUT2D eigenvalue weighted by molar-refractivity contribution is 0.0887. The van der Waals surface area contributed by atoms with E-state index in [1.54, 1.807) is 28.6 Å². The van der Waals surface area contributed by atoms with Crippen molar-refractivity contribution < 1.29 is 23.8 Å². The van der Waals surface area contributed by atoms with Gasteiger partial charge in [-0.25, -0.2) is 9.37 Å². The van der Waals surface area contributed by atoms with Crippen molar-refractivity contribution in [1.82, 2.24) is 25.4 Å². The predicted molar refractivity (Wildman–Crippen MR) is 142 cm³/mol. The molecule has 1 aromatic carbocycles. The van der Waals surface area contributed by atoms with E-state index < -0.39 is 11.7 Å². The first-order chi connectivity index (χ1) is 18.4. The van der Waals surface area contributed by atoms with Crippen molar-refractivity contribution in [2.24, 2.45) is 0 Å². The highest BCUT2D eigenvalue weighted by Crippen LogP contribution is 2.28. The van der Waals surface area contributed by atoms with E-state index >= 15 is 0 Å². The minimum Gasteiger partial charge on any atom is -0.438 e. The van der Waals surface area contributed by atoms with Crippen LogP contribution in [0.25, 0.3) is 0 Å². The third-order valence-corrected chi connectivity index (χ3v) is 7.21. The maximum absolute atomic E-state index is 14.0. The number of nitrogens with zero attached hydrogens (tertiary/aromatic N) is 3. The van der Waals surface area contributed by atoms with Gasteiger partial charge in [-0.1, -0.05) is 13.0 Å². The number of hydrogen-bond donors (Lipinski definition) is 3. The molecule has 1 aliphatic rings. The summed E-state index contributed by atoms with van der Waals surface area (Å²) in [6, 6.07) is 10.1. The maximum Gasteiger partial charge on any atom is 0.272 e. The number of hydrogen-bond acceptors (Lipinski definition) is 7. The lowest BCUT2D eigenvalue weighted by atomic mass is 9.91. The number of pyridine rings is 1. The number of rotatable bonds is 10. The van der Waals surface area contributed by atoms with Gasteiger partial charge in [-0.05, 0) is 68.7 Å². The van der Waals surface area contributed by atoms with Gasteiger partial charge in [-0.15, -0.1) is 11.8 Å². The van der Waals surface area contributed by atoms with E-state index in [1.165, 1.54) is 0 Å². The lowest BCUT2D eigenvalue weighted by Gasteiger charge is -2.29. The SMILES string of the molecule is CCc1cc(C(=O)NC2CCC(NC(=O)c3cc(F)cnc3Oc3cccc(SC)c3)CC2)nn1CCO. The van der Waals surface area contributed by atoms with Gasteiger partial charge in [0, 0.05) is 22.7 Å². The number of benzene rings is 1. The Labute approximate surface area is 225 Å². The molecule has 3 aromatic rings. The second-order valence-corrected chi connectivity index (χ2v) is 9.98. The van der Waals surface area contributed by atoms with Crippen molar-refractivity contribution in [2.45, 2.75) is 62.6 Å². The van der Waals surface area contributed by atoms with Crippen LogP contribution in [0.4, 0.5) is 4.39 Å². The van der Waals surface area contributed by atoms with Gasteiger partial charge < -0.3 is 20.5 Å². The van der Waals surface area contributed by atoms with Crippen LogP contribution < -0.4 is 15.4 Å². The number of aromatic nitrogens is 3. The Morgan fingerprint density at radius 2 is 1.84 bits per heavy atom. The first kappa shape index (κ1) is 27.6. The van der Waals surface area contributed by atoms with E-state index in [2.05, 4.69) is 20.7 Å². The standard InChI is InChI=1S/C27H32FN5O4S/c1-3-20-14-24(32-33(20)11-12-34)26(36)31-19-9-7-18(8-10-19)30-25(35)23-13-17(28)16-29-27(23)37-21-5-4-6-22(15-21)38-2/h4-6,13-16,18-19,34H,3,7-12H2,1-2H3,(H,30,35)(H,31,36). The molecule has 1 saturated carbocycles. The number of aliphatic hydroxyl groups excluding tert-OH is 1. The quantitative estimate of drug-likeness (QED) is 0.333. The number of halogens is 1. The Kier molecular flexibility index (Phi) is 9.35. The van der Waals surface area contributed by atoms with Gasteiger partial charge in [0.15, 0.2) is 0 Å². The summed E-state index contributed by atoms with van der Waals surface area (Å²) in [5, 5.41) is 19.5. The summed E-state index contributed by atoms with van der Waals surface area (Å²) in [5.41, 5.74) is 1.25. The molecule has 0 spiro atoms. The molecule has 3 N–H and O–H groups in total. The predicted octanol–water partition coefficient (Wildman–Crippen LogP) is 3.96. The van der Waals surface area contributed by atoms with Crippen LogP contribution in [0.3, 0.4) is 0 Å². The third-order valence-electron chi connectivity index (χ3n) is 6.49. The van der Waals surface area contributed by atoms with Gasteiger partial charge in [0.25, 0.3) is 11.8 Å². The van der Waals surface area contributed by atoms with Gasteiger partial charge in [-0.3, -0.25) is 14.3 Å². The van der Waals surface area contributed by atoms with E-state index in [0.29, 0.717) is 50.1 Å². The van der Waals surface area contributed by atoms with E-state index in [9.17, 15) is 19.1 Å². The van der Waals surface area contributed by atoms with Crippen molar-refractivity contribution >= 4 is 23.6 Å². The molecule has 0 aliphatic heterocycles. The number of carbonyl (C=O) groups excluding carboxylic acids is 2. The molecule has 38 heavy (non-hydrogen) atoms. The molecular formula is C27H32FN5O4S. The molecule has 0 saturated heterocycles. The number of aryl methyl sites for hydroxylation is 1. The highest BCUT2D eigenvalue weighted by molar-refractivity contribution is 7.98. The normalized spacial score (nSPS) is 17.2. The van der Waals surface area contributed by atoms with E-state index in [4.69, 9.17) is 4.74 Å².